The predicted molar refractivity (Wildman–Crippen MR) is 66.3 cm³/mol. The largest absolute Gasteiger partial charge is 0.368 e. The van der Waals surface area contributed by atoms with Gasteiger partial charge in [-0.25, -0.2) is 0 Å². The molecule has 0 aliphatic rings. The van der Waals surface area contributed by atoms with Crippen LogP contribution in [0.5, 0.6) is 0 Å². The lowest BCUT2D eigenvalue weighted by Gasteiger charge is -2.00. The first-order chi connectivity index (χ1) is 8.56. The molecule has 0 atom stereocenters. The number of carbonyl (C=O) groups excluding carboxylic acids is 1. The Morgan fingerprint density at radius 1 is 1.28 bits per heavy atom. The molecular formula is C12H12N4O2. The molecule has 1 heterocycles. The van der Waals surface area contributed by atoms with Crippen LogP contribution in [0.15, 0.2) is 29.1 Å². The number of anilines is 1. The second-order valence-corrected chi connectivity index (χ2v) is 3.95. The summed E-state index contributed by atoms with van der Waals surface area (Å²) in [6.45, 7) is 1.93. The Morgan fingerprint density at radius 3 is 2.56 bits per heavy atom. The summed E-state index contributed by atoms with van der Waals surface area (Å²) in [6, 6.07) is 7.12. The average molecular weight is 244 g/mol. The quantitative estimate of drug-likeness (QED) is 0.764. The number of nitrogens with zero attached hydrogens (tertiary/aromatic N) is 2. The Morgan fingerprint density at radius 2 is 1.94 bits per heavy atom. The van der Waals surface area contributed by atoms with E-state index in [2.05, 4.69) is 15.2 Å². The lowest BCUT2D eigenvalue weighted by Crippen LogP contribution is -2.21. The van der Waals surface area contributed by atoms with E-state index < -0.39 is 5.56 Å². The molecule has 0 aliphatic heterocycles. The van der Waals surface area contributed by atoms with Gasteiger partial charge in [0.1, 0.15) is 5.69 Å². The molecule has 18 heavy (non-hydrogen) atoms. The number of nitrogens with two attached hydrogens (primary N) is 1. The predicted octanol–water partition coefficient (Wildman–Crippen LogP) is 0.481. The van der Waals surface area contributed by atoms with E-state index in [1.54, 1.807) is 12.1 Å². The first-order valence-corrected chi connectivity index (χ1v) is 5.37. The molecule has 0 fully saturated rings. The van der Waals surface area contributed by atoms with Crippen LogP contribution < -0.4 is 11.3 Å². The number of nitrogens with one attached hydrogen (secondary N) is 1. The maximum atomic E-state index is 11.9. The van der Waals surface area contributed by atoms with Gasteiger partial charge in [-0.2, -0.15) is 0 Å². The molecule has 1 aromatic carbocycles. The third kappa shape index (κ3) is 2.60. The lowest BCUT2D eigenvalue weighted by molar-refractivity contribution is 0.0991. The van der Waals surface area contributed by atoms with E-state index in [1.165, 1.54) is 0 Å². The van der Waals surface area contributed by atoms with Crippen molar-refractivity contribution >= 4 is 11.7 Å². The number of nitrogen functional groups attached to an aromatic ring is 1. The molecule has 0 bridgehead atoms. The third-order valence-electron chi connectivity index (χ3n) is 2.48. The van der Waals surface area contributed by atoms with Crippen LogP contribution in [-0.2, 0) is 6.42 Å². The number of hydrogen-bond acceptors (Lipinski definition) is 5. The monoisotopic (exact) mass is 244 g/mol. The van der Waals surface area contributed by atoms with Crippen LogP contribution in [0, 0.1) is 6.92 Å². The molecular weight excluding hydrogens is 232 g/mol. The summed E-state index contributed by atoms with van der Waals surface area (Å²) in [5, 5.41) is 7.14. The minimum absolute atomic E-state index is 0.0634. The van der Waals surface area contributed by atoms with Crippen molar-refractivity contribution in [2.24, 2.45) is 0 Å². The highest BCUT2D eigenvalue weighted by Crippen LogP contribution is 2.06. The van der Waals surface area contributed by atoms with Crippen molar-refractivity contribution in [1.82, 2.24) is 15.2 Å². The Hall–Kier alpha value is -2.50. The zero-order valence-corrected chi connectivity index (χ0v) is 9.80. The number of aromatic nitrogens is 3. The number of Topliss-reactive ketones (excluding diaryl/α,β-unsaturated/α-hetero) is 1. The van der Waals surface area contributed by atoms with Gasteiger partial charge in [-0.1, -0.05) is 29.8 Å². The number of ketones is 1. The first kappa shape index (κ1) is 12.0. The number of rotatable bonds is 3. The smallest absolute Gasteiger partial charge is 0.274 e. The van der Waals surface area contributed by atoms with Crippen molar-refractivity contribution in [2.45, 2.75) is 13.3 Å². The van der Waals surface area contributed by atoms with Gasteiger partial charge < -0.3 is 5.73 Å². The van der Waals surface area contributed by atoms with Gasteiger partial charge in [-0.05, 0) is 6.92 Å². The summed E-state index contributed by atoms with van der Waals surface area (Å²) in [5.74, 6) is -0.244. The van der Waals surface area contributed by atoms with E-state index in [4.69, 9.17) is 5.73 Å². The molecule has 0 saturated heterocycles. The number of aryl methyl sites for hydroxylation is 1. The molecule has 0 radical (unpaired) electrons. The molecule has 0 spiro atoms. The van der Waals surface area contributed by atoms with Crippen LogP contribution in [-0.4, -0.2) is 21.0 Å². The minimum atomic E-state index is -0.483. The maximum Gasteiger partial charge on any atom is 0.274 e. The van der Waals surface area contributed by atoms with E-state index in [0.29, 0.717) is 5.56 Å². The normalized spacial score (nSPS) is 10.3. The van der Waals surface area contributed by atoms with Gasteiger partial charge in [-0.3, -0.25) is 14.6 Å². The lowest BCUT2D eigenvalue weighted by atomic mass is 10.1. The minimum Gasteiger partial charge on any atom is -0.368 e. The molecule has 2 rings (SSSR count). The first-order valence-electron chi connectivity index (χ1n) is 5.37. The average Bonchev–Trinajstić information content (AvgIpc) is 2.33. The van der Waals surface area contributed by atoms with E-state index in [0.717, 1.165) is 5.56 Å². The summed E-state index contributed by atoms with van der Waals surface area (Å²) in [5.41, 5.74) is 6.46. The van der Waals surface area contributed by atoms with Crippen molar-refractivity contribution in [2.75, 3.05) is 5.73 Å². The van der Waals surface area contributed by atoms with Crippen LogP contribution in [0.1, 0.15) is 21.6 Å². The zero-order valence-electron chi connectivity index (χ0n) is 9.80. The van der Waals surface area contributed by atoms with Gasteiger partial charge >= 0.3 is 0 Å². The summed E-state index contributed by atoms with van der Waals surface area (Å²) >= 11 is 0. The second-order valence-electron chi connectivity index (χ2n) is 3.95. The van der Waals surface area contributed by atoms with E-state index >= 15 is 0 Å². The molecule has 6 nitrogen and oxygen atoms in total. The maximum absolute atomic E-state index is 11.9. The van der Waals surface area contributed by atoms with Crippen LogP contribution in [0.4, 0.5) is 5.95 Å². The fourth-order valence-electron chi connectivity index (χ4n) is 1.48. The molecule has 2 aromatic rings. The Balaban J connectivity index is 2.21. The molecule has 0 saturated carbocycles. The zero-order chi connectivity index (χ0) is 13.1. The molecule has 92 valence electrons. The SMILES string of the molecule is Cc1ccc(C(=O)Cc2nnc(N)[nH]c2=O)cc1. The fourth-order valence-corrected chi connectivity index (χ4v) is 1.48. The Kier molecular flexibility index (Phi) is 3.18. The van der Waals surface area contributed by atoms with Gasteiger partial charge in [0, 0.05) is 5.56 Å². The van der Waals surface area contributed by atoms with Crippen molar-refractivity contribution < 1.29 is 4.79 Å². The topological polar surface area (TPSA) is 102 Å². The summed E-state index contributed by atoms with van der Waals surface area (Å²) in [6.07, 6.45) is -0.0916. The van der Waals surface area contributed by atoms with Gasteiger partial charge in [0.2, 0.25) is 5.95 Å². The molecule has 0 unspecified atom stereocenters. The van der Waals surface area contributed by atoms with Crippen LogP contribution in [0.3, 0.4) is 0 Å². The summed E-state index contributed by atoms with van der Waals surface area (Å²) in [7, 11) is 0. The van der Waals surface area contributed by atoms with Crippen molar-refractivity contribution in [3.05, 3.63) is 51.4 Å². The Labute approximate surface area is 103 Å². The molecule has 0 amide bonds. The molecule has 0 aliphatic carbocycles. The molecule has 1 aromatic heterocycles. The van der Waals surface area contributed by atoms with Gasteiger partial charge in [-0.15, -0.1) is 10.2 Å². The van der Waals surface area contributed by atoms with Crippen LogP contribution >= 0.6 is 0 Å². The van der Waals surface area contributed by atoms with E-state index in [-0.39, 0.29) is 23.8 Å². The standard InChI is InChI=1S/C12H12N4O2/c1-7-2-4-8(5-3-7)10(17)6-9-11(18)14-12(13)16-15-9/h2-5H,6H2,1H3,(H3,13,14,16,18). The highest BCUT2D eigenvalue weighted by molar-refractivity contribution is 5.97. The second kappa shape index (κ2) is 4.79. The van der Waals surface area contributed by atoms with Gasteiger partial charge in [0.05, 0.1) is 6.42 Å². The number of aromatic amines is 1. The summed E-state index contributed by atoms with van der Waals surface area (Å²) in [4.78, 5) is 25.7. The van der Waals surface area contributed by atoms with Crippen molar-refractivity contribution in [1.29, 1.82) is 0 Å². The van der Waals surface area contributed by atoms with Crippen LogP contribution in [0.2, 0.25) is 0 Å². The number of carbonyl (C=O) groups is 1. The summed E-state index contributed by atoms with van der Waals surface area (Å²) < 4.78 is 0. The van der Waals surface area contributed by atoms with E-state index in [9.17, 15) is 9.59 Å². The fraction of sp³-hybridized carbons (Fsp3) is 0.167. The number of hydrogen-bond donors (Lipinski definition) is 2. The number of benzene rings is 1. The highest BCUT2D eigenvalue weighted by Gasteiger charge is 2.11. The van der Waals surface area contributed by atoms with Crippen molar-refractivity contribution in [3.63, 3.8) is 0 Å². The highest BCUT2D eigenvalue weighted by atomic mass is 16.1. The van der Waals surface area contributed by atoms with Gasteiger partial charge in [0.25, 0.3) is 5.56 Å². The van der Waals surface area contributed by atoms with Crippen molar-refractivity contribution in [3.8, 4) is 0 Å². The van der Waals surface area contributed by atoms with E-state index in [1.807, 2.05) is 19.1 Å². The third-order valence-corrected chi connectivity index (χ3v) is 2.48. The molecule has 3 N–H and O–H groups in total. The van der Waals surface area contributed by atoms with Gasteiger partial charge in [0.15, 0.2) is 5.78 Å². The number of H-pyrrole nitrogens is 1. The van der Waals surface area contributed by atoms with Crippen LogP contribution in [0.25, 0.3) is 0 Å². The molecule has 6 heteroatoms. The Bertz CT molecular complexity index is 631.